The predicted octanol–water partition coefficient (Wildman–Crippen LogP) is 0.949. The van der Waals surface area contributed by atoms with Crippen LogP contribution in [0.4, 0.5) is 5.69 Å². The Balaban J connectivity index is 0.00000192. The highest BCUT2D eigenvalue weighted by atomic mass is 35.5. The van der Waals surface area contributed by atoms with E-state index in [1.807, 2.05) is 12.1 Å². The summed E-state index contributed by atoms with van der Waals surface area (Å²) in [7, 11) is 1.58. The lowest BCUT2D eigenvalue weighted by molar-refractivity contribution is -0.119. The molecule has 1 aliphatic heterocycles. The van der Waals surface area contributed by atoms with Crippen molar-refractivity contribution in [2.75, 3.05) is 25.5 Å². The van der Waals surface area contributed by atoms with E-state index in [1.165, 1.54) is 0 Å². The van der Waals surface area contributed by atoms with E-state index in [1.54, 1.807) is 24.8 Å². The molecule has 1 saturated heterocycles. The molecule has 2 aromatic rings. The molecule has 1 fully saturated rings. The molecule has 1 unspecified atom stereocenters. The van der Waals surface area contributed by atoms with Gasteiger partial charge in [0.2, 0.25) is 5.91 Å². The molecule has 124 valence electrons. The monoisotopic (exact) mass is 338 g/mol. The zero-order chi connectivity index (χ0) is 15.5. The van der Waals surface area contributed by atoms with Crippen molar-refractivity contribution in [1.29, 1.82) is 0 Å². The Hall–Kier alpha value is -2.19. The highest BCUT2D eigenvalue weighted by molar-refractivity contribution is 5.93. The second-order valence-corrected chi connectivity index (χ2v) is 5.20. The molecule has 0 spiro atoms. The number of rotatable bonds is 4. The van der Waals surface area contributed by atoms with E-state index >= 15 is 0 Å². The molecule has 0 saturated carbocycles. The van der Waals surface area contributed by atoms with Gasteiger partial charge in [-0.2, -0.15) is 4.68 Å². The molecule has 3 rings (SSSR count). The Labute approximate surface area is 140 Å². The van der Waals surface area contributed by atoms with Crippen LogP contribution in [0.15, 0.2) is 18.2 Å². The molecule has 2 heterocycles. The maximum Gasteiger partial charge on any atom is 0.228 e. The molecule has 2 N–H and O–H groups in total. The van der Waals surface area contributed by atoms with Crippen LogP contribution in [0.3, 0.4) is 0 Å². The first-order chi connectivity index (χ1) is 10.7. The number of tetrazole rings is 1. The SMILES string of the molecule is COc1ccc(NC(=O)C2CCNC2)cc1-n1nnnc1C.Cl. The molecule has 0 aliphatic carbocycles. The van der Waals surface area contributed by atoms with Gasteiger partial charge in [-0.05, 0) is 48.5 Å². The number of halogens is 1. The summed E-state index contributed by atoms with van der Waals surface area (Å²) in [4.78, 5) is 12.2. The predicted molar refractivity (Wildman–Crippen MR) is 87.3 cm³/mol. The molecule has 1 amide bonds. The molecule has 8 nitrogen and oxygen atoms in total. The van der Waals surface area contributed by atoms with Crippen LogP contribution in [0.1, 0.15) is 12.2 Å². The second-order valence-electron chi connectivity index (χ2n) is 5.20. The topological polar surface area (TPSA) is 94.0 Å². The normalized spacial score (nSPS) is 16.7. The lowest BCUT2D eigenvalue weighted by Gasteiger charge is -2.13. The zero-order valence-corrected chi connectivity index (χ0v) is 13.8. The third kappa shape index (κ3) is 3.59. The Morgan fingerprint density at radius 2 is 2.30 bits per heavy atom. The van der Waals surface area contributed by atoms with Crippen LogP contribution in [0, 0.1) is 12.8 Å². The van der Waals surface area contributed by atoms with E-state index in [4.69, 9.17) is 4.74 Å². The highest BCUT2D eigenvalue weighted by Crippen LogP contribution is 2.26. The van der Waals surface area contributed by atoms with E-state index in [-0.39, 0.29) is 24.2 Å². The molecule has 1 aliphatic rings. The summed E-state index contributed by atoms with van der Waals surface area (Å²) in [6.45, 7) is 3.41. The smallest absolute Gasteiger partial charge is 0.228 e. The van der Waals surface area contributed by atoms with Crippen molar-refractivity contribution >= 4 is 24.0 Å². The molecular weight excluding hydrogens is 320 g/mol. The number of amides is 1. The first-order valence-corrected chi connectivity index (χ1v) is 7.14. The highest BCUT2D eigenvalue weighted by Gasteiger charge is 2.22. The minimum Gasteiger partial charge on any atom is -0.494 e. The van der Waals surface area contributed by atoms with Crippen LogP contribution >= 0.6 is 12.4 Å². The van der Waals surface area contributed by atoms with Crippen molar-refractivity contribution < 1.29 is 9.53 Å². The van der Waals surface area contributed by atoms with Gasteiger partial charge in [0.25, 0.3) is 0 Å². The third-order valence-electron chi connectivity index (χ3n) is 3.73. The average Bonchev–Trinajstić information content (AvgIpc) is 3.18. The van der Waals surface area contributed by atoms with Gasteiger partial charge in [0.15, 0.2) is 5.82 Å². The lowest BCUT2D eigenvalue weighted by atomic mass is 10.1. The summed E-state index contributed by atoms with van der Waals surface area (Å²) in [5.74, 6) is 1.31. The fourth-order valence-corrected chi connectivity index (χ4v) is 2.51. The van der Waals surface area contributed by atoms with Crippen LogP contribution in [0.5, 0.6) is 5.75 Å². The minimum absolute atomic E-state index is 0. The molecule has 1 atom stereocenters. The van der Waals surface area contributed by atoms with Gasteiger partial charge in [-0.3, -0.25) is 4.79 Å². The number of hydrogen-bond donors (Lipinski definition) is 2. The Morgan fingerprint density at radius 1 is 1.48 bits per heavy atom. The maximum atomic E-state index is 12.2. The van der Waals surface area contributed by atoms with Crippen molar-refractivity contribution in [1.82, 2.24) is 25.5 Å². The fraction of sp³-hybridized carbons (Fsp3) is 0.429. The fourth-order valence-electron chi connectivity index (χ4n) is 2.51. The van der Waals surface area contributed by atoms with Crippen LogP contribution < -0.4 is 15.4 Å². The first kappa shape index (κ1) is 17.2. The van der Waals surface area contributed by atoms with Crippen molar-refractivity contribution in [3.8, 4) is 11.4 Å². The molecule has 0 bridgehead atoms. The van der Waals surface area contributed by atoms with E-state index in [9.17, 15) is 4.79 Å². The number of hydrogen-bond acceptors (Lipinski definition) is 6. The summed E-state index contributed by atoms with van der Waals surface area (Å²) >= 11 is 0. The molecule has 0 radical (unpaired) electrons. The average molecular weight is 339 g/mol. The molecule has 1 aromatic heterocycles. The molecular formula is C14H19ClN6O2. The van der Waals surface area contributed by atoms with E-state index in [0.29, 0.717) is 22.9 Å². The number of aromatic nitrogens is 4. The van der Waals surface area contributed by atoms with Crippen molar-refractivity contribution in [3.63, 3.8) is 0 Å². The quantitative estimate of drug-likeness (QED) is 0.862. The van der Waals surface area contributed by atoms with Gasteiger partial charge in [-0.1, -0.05) is 0 Å². The standard InChI is InChI=1S/C14H18N6O2.ClH/c1-9-17-18-19-20(9)12-7-11(3-4-13(12)22-2)16-14(21)10-5-6-15-8-10;/h3-4,7,10,15H,5-6,8H2,1-2H3,(H,16,21);1H. The Kier molecular flexibility index (Phi) is 5.51. The lowest BCUT2D eigenvalue weighted by Crippen LogP contribution is -2.24. The van der Waals surface area contributed by atoms with Crippen LogP contribution in [0.25, 0.3) is 5.69 Å². The van der Waals surface area contributed by atoms with Gasteiger partial charge in [0, 0.05) is 12.2 Å². The van der Waals surface area contributed by atoms with Gasteiger partial charge in [-0.25, -0.2) is 0 Å². The van der Waals surface area contributed by atoms with Crippen molar-refractivity contribution in [3.05, 3.63) is 24.0 Å². The molecule has 23 heavy (non-hydrogen) atoms. The second kappa shape index (κ2) is 7.38. The number of carbonyl (C=O) groups is 1. The summed E-state index contributed by atoms with van der Waals surface area (Å²) in [6, 6.07) is 5.41. The summed E-state index contributed by atoms with van der Waals surface area (Å²) in [5.41, 5.74) is 1.38. The van der Waals surface area contributed by atoms with Gasteiger partial charge in [0.1, 0.15) is 11.4 Å². The molecule has 1 aromatic carbocycles. The summed E-state index contributed by atoms with van der Waals surface area (Å²) < 4.78 is 6.92. The zero-order valence-electron chi connectivity index (χ0n) is 12.9. The van der Waals surface area contributed by atoms with Crippen LogP contribution in [-0.4, -0.2) is 46.3 Å². The summed E-state index contributed by atoms with van der Waals surface area (Å²) in [6.07, 6.45) is 0.862. The van der Waals surface area contributed by atoms with Gasteiger partial charge in [-0.15, -0.1) is 17.5 Å². The van der Waals surface area contributed by atoms with Crippen molar-refractivity contribution in [2.24, 2.45) is 5.92 Å². The Morgan fingerprint density at radius 3 is 2.91 bits per heavy atom. The Bertz CT molecular complexity index is 684. The number of anilines is 1. The van der Waals surface area contributed by atoms with Gasteiger partial charge < -0.3 is 15.4 Å². The van der Waals surface area contributed by atoms with Crippen LogP contribution in [-0.2, 0) is 4.79 Å². The van der Waals surface area contributed by atoms with Gasteiger partial charge >= 0.3 is 0 Å². The maximum absolute atomic E-state index is 12.2. The number of aryl methyl sites for hydroxylation is 1. The van der Waals surface area contributed by atoms with Crippen LogP contribution in [0.2, 0.25) is 0 Å². The van der Waals surface area contributed by atoms with E-state index in [0.717, 1.165) is 19.5 Å². The minimum atomic E-state index is 0. The molecule has 9 heteroatoms. The summed E-state index contributed by atoms with van der Waals surface area (Å²) in [5, 5.41) is 17.6. The number of nitrogens with one attached hydrogen (secondary N) is 2. The number of benzene rings is 1. The van der Waals surface area contributed by atoms with Gasteiger partial charge in [0.05, 0.1) is 13.0 Å². The first-order valence-electron chi connectivity index (χ1n) is 7.14. The number of methoxy groups -OCH3 is 1. The largest absolute Gasteiger partial charge is 0.494 e. The van der Waals surface area contributed by atoms with Crippen molar-refractivity contribution in [2.45, 2.75) is 13.3 Å². The van der Waals surface area contributed by atoms with E-state index < -0.39 is 0 Å². The number of carbonyl (C=O) groups excluding carboxylic acids is 1. The third-order valence-corrected chi connectivity index (χ3v) is 3.73. The number of ether oxygens (including phenoxy) is 1. The number of nitrogens with zero attached hydrogens (tertiary/aromatic N) is 4. The van der Waals surface area contributed by atoms with E-state index in [2.05, 4.69) is 26.2 Å².